The monoisotopic (exact) mass is 390 g/mol. The van der Waals surface area contributed by atoms with Crippen LogP contribution in [0.1, 0.15) is 34.6 Å². The first-order valence-electron chi connectivity index (χ1n) is 7.86. The summed E-state index contributed by atoms with van der Waals surface area (Å²) in [5.74, 6) is -9.43. The minimum atomic E-state index is -3.28. The number of carbonyl (C=O) groups is 5. The van der Waals surface area contributed by atoms with Gasteiger partial charge in [0.15, 0.2) is 11.6 Å². The number of esters is 2. The molecule has 11 nitrogen and oxygen atoms in total. The second-order valence-corrected chi connectivity index (χ2v) is 6.20. The molecule has 0 bridgehead atoms. The Balaban J connectivity index is 4.13. The molecule has 11 heteroatoms. The maximum atomic E-state index is 12.6. The summed E-state index contributed by atoms with van der Waals surface area (Å²) in [7, 11) is 0. The molecule has 1 heterocycles. The van der Waals surface area contributed by atoms with E-state index in [0.29, 0.717) is 0 Å². The van der Waals surface area contributed by atoms with Gasteiger partial charge in [0.05, 0.1) is 6.61 Å². The Kier molecular flexibility index (Phi) is 6.28. The van der Waals surface area contributed by atoms with Gasteiger partial charge in [0, 0.05) is 20.8 Å². The molecule has 1 saturated heterocycles. The van der Waals surface area contributed by atoms with Crippen molar-refractivity contribution < 1.29 is 53.5 Å². The summed E-state index contributed by atoms with van der Waals surface area (Å²) >= 11 is 0. The number of ether oxygens (including phenoxy) is 3. The van der Waals surface area contributed by atoms with Crippen molar-refractivity contribution in [3.05, 3.63) is 0 Å². The number of Topliss-reactive ketones (excluding diaryl/α,β-unsaturated/α-hetero) is 3. The summed E-state index contributed by atoms with van der Waals surface area (Å²) in [6, 6.07) is 0. The maximum absolute atomic E-state index is 12.6. The van der Waals surface area contributed by atoms with Gasteiger partial charge in [-0.2, -0.15) is 0 Å². The van der Waals surface area contributed by atoms with Gasteiger partial charge < -0.3 is 29.5 Å². The number of aliphatic hydroxyl groups is 3. The first-order chi connectivity index (χ1) is 12.2. The van der Waals surface area contributed by atoms with Crippen LogP contribution in [-0.2, 0) is 38.2 Å². The summed E-state index contributed by atoms with van der Waals surface area (Å²) in [5.41, 5.74) is -6.54. The van der Waals surface area contributed by atoms with Crippen LogP contribution in [0.3, 0.4) is 0 Å². The lowest BCUT2D eigenvalue weighted by atomic mass is 9.64. The molecule has 5 atom stereocenters. The van der Waals surface area contributed by atoms with E-state index in [4.69, 9.17) is 14.2 Å². The Morgan fingerprint density at radius 2 is 1.37 bits per heavy atom. The molecule has 0 aromatic carbocycles. The van der Waals surface area contributed by atoms with Gasteiger partial charge in [0.2, 0.25) is 11.4 Å². The highest BCUT2D eigenvalue weighted by Gasteiger charge is 2.82. The van der Waals surface area contributed by atoms with Crippen molar-refractivity contribution >= 4 is 29.3 Å². The average molecular weight is 390 g/mol. The van der Waals surface area contributed by atoms with E-state index in [2.05, 4.69) is 0 Å². The fraction of sp³-hybridized carbons (Fsp3) is 0.688. The molecule has 0 saturated carbocycles. The highest BCUT2D eigenvalue weighted by Crippen LogP contribution is 2.49. The van der Waals surface area contributed by atoms with Crippen LogP contribution in [0.4, 0.5) is 0 Å². The molecule has 0 unspecified atom stereocenters. The molecule has 0 amide bonds. The molecular formula is C16H22O11. The summed E-state index contributed by atoms with van der Waals surface area (Å²) in [6.45, 7) is 2.88. The molecule has 0 aromatic heterocycles. The third-order valence-electron chi connectivity index (χ3n) is 4.36. The first-order valence-corrected chi connectivity index (χ1v) is 7.86. The molecule has 1 fully saturated rings. The van der Waals surface area contributed by atoms with E-state index in [1.54, 1.807) is 0 Å². The van der Waals surface area contributed by atoms with E-state index in [9.17, 15) is 39.3 Å². The molecule has 0 aromatic rings. The first kappa shape index (κ1) is 22.8. The lowest BCUT2D eigenvalue weighted by molar-refractivity contribution is -0.376. The van der Waals surface area contributed by atoms with Gasteiger partial charge in [-0.25, -0.2) is 0 Å². The number of hydrogen-bond acceptors (Lipinski definition) is 11. The maximum Gasteiger partial charge on any atom is 0.324 e. The van der Waals surface area contributed by atoms with E-state index in [1.807, 2.05) is 0 Å². The zero-order valence-corrected chi connectivity index (χ0v) is 15.5. The van der Waals surface area contributed by atoms with Gasteiger partial charge in [-0.05, 0) is 13.8 Å². The van der Waals surface area contributed by atoms with Crippen LogP contribution in [0.5, 0.6) is 0 Å². The smallest absolute Gasteiger partial charge is 0.324 e. The molecule has 1 aliphatic heterocycles. The topological polar surface area (TPSA) is 174 Å². The highest BCUT2D eigenvalue weighted by atomic mass is 16.8. The molecule has 152 valence electrons. The van der Waals surface area contributed by atoms with E-state index >= 15 is 0 Å². The third-order valence-corrected chi connectivity index (χ3v) is 4.36. The normalized spacial score (nSPS) is 35.9. The van der Waals surface area contributed by atoms with Crippen molar-refractivity contribution in [2.45, 2.75) is 63.8 Å². The van der Waals surface area contributed by atoms with E-state index in [-0.39, 0.29) is 0 Å². The Morgan fingerprint density at radius 3 is 1.67 bits per heavy atom. The molecular weight excluding hydrogens is 368 g/mol. The number of aliphatic hydroxyl groups excluding tert-OH is 2. The number of carbonyl (C=O) groups excluding carboxylic acids is 5. The quantitative estimate of drug-likeness (QED) is 0.420. The minimum absolute atomic E-state index is 0.743. The van der Waals surface area contributed by atoms with E-state index < -0.39 is 65.1 Å². The van der Waals surface area contributed by atoms with Crippen LogP contribution in [0.2, 0.25) is 0 Å². The molecule has 1 rings (SSSR count). The standard InChI is InChI=1S/C16H22O11/c1-7(18)14(24)13(23)12(6-17)27-16(9(3)20,26-11(5)22)15(14,8(2)19)25-10(4)21/h12-13,17,23-24H,6H2,1-5H3/t12-,13-,14+,15-,16-/m1/s1. The Labute approximate surface area is 154 Å². The van der Waals surface area contributed by atoms with Gasteiger partial charge in [-0.15, -0.1) is 0 Å². The van der Waals surface area contributed by atoms with Crippen molar-refractivity contribution in [1.82, 2.24) is 0 Å². The van der Waals surface area contributed by atoms with E-state index in [1.165, 1.54) is 0 Å². The fourth-order valence-corrected chi connectivity index (χ4v) is 3.32. The summed E-state index contributed by atoms with van der Waals surface area (Å²) in [4.78, 5) is 60.9. The largest absolute Gasteiger partial charge is 0.440 e. The zero-order valence-electron chi connectivity index (χ0n) is 15.5. The number of rotatable bonds is 6. The minimum Gasteiger partial charge on any atom is -0.440 e. The van der Waals surface area contributed by atoms with Crippen molar-refractivity contribution in [1.29, 1.82) is 0 Å². The van der Waals surface area contributed by atoms with Crippen LogP contribution in [0.15, 0.2) is 0 Å². The Morgan fingerprint density at radius 1 is 0.889 bits per heavy atom. The Hall–Kier alpha value is -2.21. The summed E-state index contributed by atoms with van der Waals surface area (Å²) in [5, 5.41) is 31.0. The van der Waals surface area contributed by atoms with E-state index in [0.717, 1.165) is 34.6 Å². The van der Waals surface area contributed by atoms with Crippen LogP contribution < -0.4 is 0 Å². The van der Waals surface area contributed by atoms with Crippen molar-refractivity contribution in [3.8, 4) is 0 Å². The van der Waals surface area contributed by atoms with Crippen molar-refractivity contribution in [2.24, 2.45) is 0 Å². The summed E-state index contributed by atoms with van der Waals surface area (Å²) in [6.07, 6.45) is -4.16. The Bertz CT molecular complexity index is 686. The van der Waals surface area contributed by atoms with Gasteiger partial charge >= 0.3 is 17.7 Å². The van der Waals surface area contributed by atoms with Crippen LogP contribution in [0, 0.1) is 0 Å². The SMILES string of the molecule is CC(=O)O[C@]1(C(C)=O)O[C@H](CO)[C@@H](O)[C@@](O)(C(C)=O)[C@]1(OC(C)=O)C(C)=O. The fourth-order valence-electron chi connectivity index (χ4n) is 3.32. The molecule has 1 aliphatic rings. The highest BCUT2D eigenvalue weighted by molar-refractivity contribution is 6.06. The lowest BCUT2D eigenvalue weighted by Gasteiger charge is -2.57. The van der Waals surface area contributed by atoms with Gasteiger partial charge in [-0.1, -0.05) is 0 Å². The molecule has 0 aliphatic carbocycles. The van der Waals surface area contributed by atoms with Crippen LogP contribution in [-0.4, -0.2) is 80.4 Å². The van der Waals surface area contributed by atoms with Gasteiger partial charge in [0.25, 0.3) is 5.60 Å². The summed E-state index contributed by atoms with van der Waals surface area (Å²) < 4.78 is 15.1. The molecule has 0 spiro atoms. The molecule has 3 N–H and O–H groups in total. The van der Waals surface area contributed by atoms with Gasteiger partial charge in [0.1, 0.15) is 12.2 Å². The van der Waals surface area contributed by atoms with Crippen molar-refractivity contribution in [2.75, 3.05) is 6.61 Å². The van der Waals surface area contributed by atoms with Crippen molar-refractivity contribution in [3.63, 3.8) is 0 Å². The van der Waals surface area contributed by atoms with Crippen LogP contribution >= 0.6 is 0 Å². The third kappa shape index (κ3) is 3.06. The number of hydrogen-bond donors (Lipinski definition) is 3. The molecule has 27 heavy (non-hydrogen) atoms. The second kappa shape index (κ2) is 7.43. The number of ketones is 3. The second-order valence-electron chi connectivity index (χ2n) is 6.20. The average Bonchev–Trinajstić information content (AvgIpc) is 2.52. The van der Waals surface area contributed by atoms with Gasteiger partial charge in [-0.3, -0.25) is 24.0 Å². The predicted molar refractivity (Wildman–Crippen MR) is 84.0 cm³/mol. The molecule has 0 radical (unpaired) electrons. The van der Waals surface area contributed by atoms with Crippen LogP contribution in [0.25, 0.3) is 0 Å². The lowest BCUT2D eigenvalue weighted by Crippen LogP contribution is -2.86. The zero-order chi connectivity index (χ0) is 21.4. The predicted octanol–water partition coefficient (Wildman–Crippen LogP) is -2.20.